The summed E-state index contributed by atoms with van der Waals surface area (Å²) in [5.41, 5.74) is 6.86. The van der Waals surface area contributed by atoms with E-state index in [9.17, 15) is 0 Å². The van der Waals surface area contributed by atoms with Gasteiger partial charge in [-0.05, 0) is 54.5 Å². The van der Waals surface area contributed by atoms with Crippen LogP contribution in [0.15, 0.2) is 40.6 Å². The van der Waals surface area contributed by atoms with E-state index in [4.69, 9.17) is 10.5 Å². The highest BCUT2D eigenvalue weighted by molar-refractivity contribution is 7.30. The number of aromatic nitrogens is 1. The summed E-state index contributed by atoms with van der Waals surface area (Å²) in [6.45, 7) is 9.87. The van der Waals surface area contributed by atoms with Crippen molar-refractivity contribution in [1.82, 2.24) is 4.98 Å². The predicted octanol–water partition coefficient (Wildman–Crippen LogP) is 7.20. The molecule has 0 aliphatic rings. The number of rotatable bonds is 7. The summed E-state index contributed by atoms with van der Waals surface area (Å²) >= 11 is 2.96. The van der Waals surface area contributed by atoms with Gasteiger partial charge in [0.15, 0.2) is 5.13 Å². The van der Waals surface area contributed by atoms with Gasteiger partial charge in [-0.2, -0.15) is 0 Å². The van der Waals surface area contributed by atoms with Gasteiger partial charge < -0.3 is 10.5 Å². The van der Waals surface area contributed by atoms with Gasteiger partial charge in [0.2, 0.25) is 0 Å². The molecular weight excluding hydrogens is 376 g/mol. The van der Waals surface area contributed by atoms with Gasteiger partial charge in [0.25, 0.3) is 0 Å². The molecule has 2 aromatic heterocycles. The minimum Gasteiger partial charge on any atom is -0.494 e. The first kappa shape index (κ1) is 19.8. The van der Waals surface area contributed by atoms with Crippen LogP contribution in [0.3, 0.4) is 0 Å². The second-order valence-electron chi connectivity index (χ2n) is 8.01. The van der Waals surface area contributed by atoms with Gasteiger partial charge in [-0.1, -0.05) is 50.4 Å². The lowest BCUT2D eigenvalue weighted by Crippen LogP contribution is -2.13. The van der Waals surface area contributed by atoms with Gasteiger partial charge in [0.05, 0.1) is 17.0 Å². The minimum absolute atomic E-state index is 0.367. The number of hydrogen-bond acceptors (Lipinski definition) is 7. The van der Waals surface area contributed by atoms with Crippen molar-refractivity contribution in [2.45, 2.75) is 40.5 Å². The molecule has 144 valence electrons. The summed E-state index contributed by atoms with van der Waals surface area (Å²) < 4.78 is 6.91. The Morgan fingerprint density at radius 3 is 2.56 bits per heavy atom. The summed E-state index contributed by atoms with van der Waals surface area (Å²) in [4.78, 5) is 5.17. The number of anilines is 1. The van der Waals surface area contributed by atoms with Gasteiger partial charge in [0, 0.05) is 0 Å². The summed E-state index contributed by atoms with van der Waals surface area (Å²) in [6.07, 6.45) is 2.27. The Morgan fingerprint density at radius 1 is 1.15 bits per heavy atom. The van der Waals surface area contributed by atoms with Crippen LogP contribution in [0, 0.1) is 11.3 Å². The minimum atomic E-state index is 0.367. The maximum absolute atomic E-state index is 5.86. The molecule has 5 nitrogen and oxygen atoms in total. The Bertz CT molecular complexity index is 875. The quantitative estimate of drug-likeness (QED) is 0.425. The molecule has 27 heavy (non-hydrogen) atoms. The first-order valence-electron chi connectivity index (χ1n) is 9.09. The van der Waals surface area contributed by atoms with Crippen LogP contribution in [0.25, 0.3) is 9.53 Å². The molecule has 2 N–H and O–H groups in total. The molecule has 0 bridgehead atoms. The fourth-order valence-electron chi connectivity index (χ4n) is 3.03. The number of nitrogens with zero attached hydrogens (tertiary/aromatic N) is 3. The van der Waals surface area contributed by atoms with Crippen LogP contribution in [0.2, 0.25) is 0 Å². The first-order chi connectivity index (χ1) is 12.8. The maximum atomic E-state index is 5.86. The highest BCUT2D eigenvalue weighted by atomic mass is 32.1. The highest BCUT2D eigenvalue weighted by Gasteiger charge is 2.15. The normalized spacial score (nSPS) is 13.5. The standard InChI is InChI=1S/C20H26N4OS2/c1-13(12-20(2,3)4)9-10-25-15-7-5-14(6-8-15)23-24-17-11-16-18(27-17)22-19(21)26-16/h5-8,11,13H,9-10,12H2,1-4H3,(H2,21,22)/b24-23+. The maximum Gasteiger partial charge on any atom is 0.181 e. The fourth-order valence-corrected chi connectivity index (χ4v) is 4.84. The second-order valence-corrected chi connectivity index (χ2v) is 10.1. The van der Waals surface area contributed by atoms with Crippen molar-refractivity contribution >= 4 is 48.0 Å². The average Bonchev–Trinajstić information content (AvgIpc) is 3.09. The molecule has 0 amide bonds. The van der Waals surface area contributed by atoms with E-state index in [0.717, 1.165) is 39.0 Å². The largest absolute Gasteiger partial charge is 0.494 e. The van der Waals surface area contributed by atoms with E-state index in [1.165, 1.54) is 29.1 Å². The molecule has 3 aromatic rings. The van der Waals surface area contributed by atoms with E-state index in [-0.39, 0.29) is 0 Å². The number of nitrogen functional groups attached to an aromatic ring is 1. The van der Waals surface area contributed by atoms with E-state index in [1.807, 2.05) is 30.3 Å². The molecular formula is C20H26N4OS2. The highest BCUT2D eigenvalue weighted by Crippen LogP contribution is 2.36. The third kappa shape index (κ3) is 6.01. The molecule has 0 spiro atoms. The number of ether oxygens (including phenoxy) is 1. The van der Waals surface area contributed by atoms with Crippen molar-refractivity contribution in [3.8, 4) is 5.75 Å². The number of fused-ring (bicyclic) bond motifs is 1. The zero-order valence-corrected chi connectivity index (χ0v) is 17.9. The van der Waals surface area contributed by atoms with E-state index in [1.54, 1.807) is 0 Å². The summed E-state index contributed by atoms with van der Waals surface area (Å²) in [5.74, 6) is 1.52. The molecule has 0 aliphatic heterocycles. The fraction of sp³-hybridized carbons (Fsp3) is 0.450. The molecule has 2 heterocycles. The summed E-state index contributed by atoms with van der Waals surface area (Å²) in [5, 5.41) is 10.00. The van der Waals surface area contributed by atoms with E-state index in [0.29, 0.717) is 16.5 Å². The van der Waals surface area contributed by atoms with Crippen LogP contribution in [-0.2, 0) is 0 Å². The first-order valence-corrected chi connectivity index (χ1v) is 10.7. The van der Waals surface area contributed by atoms with Crippen molar-refractivity contribution in [2.24, 2.45) is 21.6 Å². The van der Waals surface area contributed by atoms with Gasteiger partial charge in [-0.15, -0.1) is 10.2 Å². The molecule has 0 saturated heterocycles. The molecule has 1 aromatic carbocycles. The van der Waals surface area contributed by atoms with Gasteiger partial charge >= 0.3 is 0 Å². The molecule has 1 atom stereocenters. The van der Waals surface area contributed by atoms with Crippen molar-refractivity contribution in [2.75, 3.05) is 12.3 Å². The lowest BCUT2D eigenvalue weighted by molar-refractivity contribution is 0.240. The zero-order valence-electron chi connectivity index (χ0n) is 16.2. The van der Waals surface area contributed by atoms with Crippen LogP contribution in [0.4, 0.5) is 15.8 Å². The Hall–Kier alpha value is -1.99. The van der Waals surface area contributed by atoms with Crippen LogP contribution < -0.4 is 10.5 Å². The number of thiazole rings is 1. The Morgan fingerprint density at radius 2 is 1.89 bits per heavy atom. The SMILES string of the molecule is CC(CCOc1ccc(/N=N/c2cc3sc(N)nc3s2)cc1)CC(C)(C)C. The van der Waals surface area contributed by atoms with Crippen molar-refractivity contribution in [3.63, 3.8) is 0 Å². The Labute approximate surface area is 168 Å². The monoisotopic (exact) mass is 402 g/mol. The number of azo groups is 1. The third-order valence-electron chi connectivity index (χ3n) is 4.03. The van der Waals surface area contributed by atoms with Crippen molar-refractivity contribution < 1.29 is 4.74 Å². The van der Waals surface area contributed by atoms with Gasteiger partial charge in [-0.3, -0.25) is 0 Å². The van der Waals surface area contributed by atoms with Gasteiger partial charge in [0.1, 0.15) is 15.6 Å². The van der Waals surface area contributed by atoms with Crippen LogP contribution in [0.5, 0.6) is 5.75 Å². The predicted molar refractivity (Wildman–Crippen MR) is 116 cm³/mol. The molecule has 0 saturated carbocycles. The Balaban J connectivity index is 1.50. The topological polar surface area (TPSA) is 72.9 Å². The van der Waals surface area contributed by atoms with Crippen molar-refractivity contribution in [3.05, 3.63) is 30.3 Å². The molecule has 0 fully saturated rings. The average molecular weight is 403 g/mol. The van der Waals surface area contributed by atoms with Crippen LogP contribution >= 0.6 is 22.7 Å². The molecule has 1 unspecified atom stereocenters. The van der Waals surface area contributed by atoms with Crippen LogP contribution in [-0.4, -0.2) is 11.6 Å². The molecule has 7 heteroatoms. The second kappa shape index (κ2) is 8.35. The third-order valence-corrected chi connectivity index (χ3v) is 5.91. The van der Waals surface area contributed by atoms with Crippen molar-refractivity contribution in [1.29, 1.82) is 0 Å². The Kier molecular flexibility index (Phi) is 6.11. The zero-order chi connectivity index (χ0) is 19.4. The van der Waals surface area contributed by atoms with E-state index < -0.39 is 0 Å². The lowest BCUT2D eigenvalue weighted by atomic mass is 9.84. The summed E-state index contributed by atoms with van der Waals surface area (Å²) in [6, 6.07) is 9.69. The number of hydrogen-bond donors (Lipinski definition) is 1. The van der Waals surface area contributed by atoms with Gasteiger partial charge in [-0.25, -0.2) is 4.98 Å². The van der Waals surface area contributed by atoms with Crippen LogP contribution in [0.1, 0.15) is 40.5 Å². The molecule has 0 radical (unpaired) electrons. The number of nitrogens with two attached hydrogens (primary N) is 1. The number of thiophene rings is 1. The number of benzene rings is 1. The molecule has 0 aliphatic carbocycles. The smallest absolute Gasteiger partial charge is 0.181 e. The summed E-state index contributed by atoms with van der Waals surface area (Å²) in [7, 11) is 0. The van der Waals surface area contributed by atoms with E-state index >= 15 is 0 Å². The molecule has 3 rings (SSSR count). The lowest BCUT2D eigenvalue weighted by Gasteiger charge is -2.23. The van der Waals surface area contributed by atoms with E-state index in [2.05, 4.69) is 42.9 Å².